The molecule has 0 radical (unpaired) electrons. The molecular formula is C50H75N9O8S2. The monoisotopic (exact) mass is 994 g/mol. The molecule has 0 saturated carbocycles. The highest BCUT2D eigenvalue weighted by molar-refractivity contribution is 7.88. The molecule has 2 N–H and O–H groups in total. The molecule has 380 valence electrons. The number of carbonyl (C=O) groups excluding carboxylic acids is 4. The van der Waals surface area contributed by atoms with Gasteiger partial charge in [0.1, 0.15) is 18.1 Å². The van der Waals surface area contributed by atoms with Crippen molar-refractivity contribution in [3.05, 3.63) is 58.2 Å². The number of hydrogen-bond acceptors (Lipinski definition) is 12. The van der Waals surface area contributed by atoms with E-state index in [1.165, 1.54) is 31.8 Å². The quantitative estimate of drug-likeness (QED) is 0.166. The topological polar surface area (TPSA) is 189 Å². The molecular weight excluding hydrogens is 919 g/mol. The number of hydrazine groups is 1. The van der Waals surface area contributed by atoms with Gasteiger partial charge in [-0.3, -0.25) is 24.4 Å². The molecule has 7 heterocycles. The van der Waals surface area contributed by atoms with Gasteiger partial charge < -0.3 is 29.2 Å². The first kappa shape index (κ1) is 51.9. The number of rotatable bonds is 9. The van der Waals surface area contributed by atoms with Crippen LogP contribution in [0.5, 0.6) is 0 Å². The van der Waals surface area contributed by atoms with Crippen LogP contribution < -0.4 is 10.7 Å². The molecule has 8 rings (SSSR count). The Bertz CT molecular complexity index is 2700. The number of nitrogens with zero attached hydrogens (tertiary/aromatic N) is 7. The minimum Gasteiger partial charge on any atom is -0.464 e. The predicted octanol–water partition coefficient (Wildman–Crippen LogP) is 6.91. The van der Waals surface area contributed by atoms with Gasteiger partial charge in [0, 0.05) is 95.2 Å². The van der Waals surface area contributed by atoms with E-state index in [1.54, 1.807) is 25.3 Å². The Morgan fingerprint density at radius 1 is 1.12 bits per heavy atom. The number of likely N-dealkylation sites (tertiary alicyclic amines) is 1. The molecule has 3 fully saturated rings. The molecule has 3 aromatic heterocycles. The van der Waals surface area contributed by atoms with Crippen molar-refractivity contribution >= 4 is 56.1 Å². The van der Waals surface area contributed by atoms with Crippen LogP contribution in [0.15, 0.2) is 41.9 Å². The van der Waals surface area contributed by atoms with E-state index in [2.05, 4.69) is 60.3 Å². The van der Waals surface area contributed by atoms with Crippen LogP contribution in [0.1, 0.15) is 106 Å². The van der Waals surface area contributed by atoms with Gasteiger partial charge in [-0.05, 0) is 88.1 Å². The third kappa shape index (κ3) is 10.3. The highest BCUT2D eigenvalue weighted by Crippen LogP contribution is 2.43. The third-order valence-corrected chi connectivity index (χ3v) is 16.5. The maximum absolute atomic E-state index is 14.7. The van der Waals surface area contributed by atoms with E-state index in [0.717, 1.165) is 44.7 Å². The average Bonchev–Trinajstić information content (AvgIpc) is 3.90. The van der Waals surface area contributed by atoms with Crippen molar-refractivity contribution in [2.75, 3.05) is 53.2 Å². The minimum absolute atomic E-state index is 0. The number of fused-ring (bicyclic) bond motifs is 6. The number of urea groups is 1. The van der Waals surface area contributed by atoms with E-state index in [-0.39, 0.29) is 47.9 Å². The summed E-state index contributed by atoms with van der Waals surface area (Å²) in [4.78, 5) is 70.6. The molecule has 19 heteroatoms. The largest absolute Gasteiger partial charge is 0.464 e. The summed E-state index contributed by atoms with van der Waals surface area (Å²) in [6.07, 6.45) is 6.28. The fourth-order valence-corrected chi connectivity index (χ4v) is 12.5. The van der Waals surface area contributed by atoms with Crippen molar-refractivity contribution in [1.29, 1.82) is 0 Å². The second-order valence-electron chi connectivity index (χ2n) is 20.2. The van der Waals surface area contributed by atoms with Crippen molar-refractivity contribution in [2.45, 2.75) is 130 Å². The molecule has 17 nitrogen and oxygen atoms in total. The lowest BCUT2D eigenvalue weighted by Crippen LogP contribution is -2.71. The number of likely N-dealkylation sites (N-methyl/N-ethyl adjacent to an activating group) is 1. The number of methoxy groups -OCH3 is 1. The fraction of sp³-hybridized carbons (Fsp3) is 0.600. The summed E-state index contributed by atoms with van der Waals surface area (Å²) in [6, 6.07) is 7.14. The van der Waals surface area contributed by atoms with Crippen molar-refractivity contribution < 1.29 is 39.9 Å². The van der Waals surface area contributed by atoms with Crippen LogP contribution in [-0.2, 0) is 53.3 Å². The first-order chi connectivity index (χ1) is 32.3. The van der Waals surface area contributed by atoms with E-state index in [1.807, 2.05) is 32.2 Å². The molecule has 4 aliphatic rings. The summed E-state index contributed by atoms with van der Waals surface area (Å²) in [5.41, 5.74) is 8.56. The van der Waals surface area contributed by atoms with Crippen LogP contribution in [0.2, 0.25) is 0 Å². The van der Waals surface area contributed by atoms with Crippen LogP contribution in [0, 0.1) is 11.3 Å². The van der Waals surface area contributed by atoms with Crippen molar-refractivity contribution in [3.8, 4) is 22.5 Å². The summed E-state index contributed by atoms with van der Waals surface area (Å²) in [6.45, 7) is 14.2. The Labute approximate surface area is 414 Å². The number of cyclic esters (lactones) is 1. The average molecular weight is 994 g/mol. The number of thiazole rings is 1. The first-order valence-corrected chi connectivity index (χ1v) is 26.6. The zero-order chi connectivity index (χ0) is 48.9. The van der Waals surface area contributed by atoms with Gasteiger partial charge in [-0.25, -0.2) is 23.6 Å². The Balaban J connectivity index is 0.00000312. The summed E-state index contributed by atoms with van der Waals surface area (Å²) >= 11 is 1.40. The molecule has 69 heavy (non-hydrogen) atoms. The maximum atomic E-state index is 14.7. The Morgan fingerprint density at radius 3 is 2.57 bits per heavy atom. The molecule has 4 amide bonds. The van der Waals surface area contributed by atoms with E-state index in [4.69, 9.17) is 19.4 Å². The zero-order valence-corrected chi connectivity index (χ0v) is 42.5. The van der Waals surface area contributed by atoms with Crippen LogP contribution >= 0.6 is 11.3 Å². The number of aryl methyl sites for hydroxylation is 1. The summed E-state index contributed by atoms with van der Waals surface area (Å²) in [7, 11) is -0.185. The number of ether oxygens (including phenoxy) is 2. The molecule has 0 aliphatic carbocycles. The number of benzene rings is 1. The van der Waals surface area contributed by atoms with E-state index < -0.39 is 56.9 Å². The van der Waals surface area contributed by atoms with Gasteiger partial charge in [0.05, 0.1) is 46.6 Å². The van der Waals surface area contributed by atoms with Gasteiger partial charge in [-0.2, -0.15) is 4.31 Å². The third-order valence-electron chi connectivity index (χ3n) is 14.4. The predicted molar refractivity (Wildman–Crippen MR) is 272 cm³/mol. The van der Waals surface area contributed by atoms with Gasteiger partial charge >= 0.3 is 12.0 Å². The van der Waals surface area contributed by atoms with Gasteiger partial charge in [0.25, 0.3) is 5.91 Å². The number of sulfonamides is 1. The SMILES string of the molecule is C.CCn1c(-c2cccnc2[C@H](C)OC)c2c3cc(ccc31)-c1csc(n1)C[C@H](NC(=O)[C@H](C(C)C)N(C)C(=O)N1CCC13CCCN(S(C)(=O)=O)C3)C(=O)N1CCCC(N1)C(=O)OCC(C)(C)C2.[HH].[HH]. The molecule has 6 bridgehead atoms. The van der Waals surface area contributed by atoms with Crippen molar-refractivity contribution in [2.24, 2.45) is 11.3 Å². The number of piperidine rings is 1. The molecule has 3 saturated heterocycles. The van der Waals surface area contributed by atoms with Gasteiger partial charge in [-0.15, -0.1) is 11.3 Å². The van der Waals surface area contributed by atoms with Gasteiger partial charge in [0.2, 0.25) is 15.9 Å². The Kier molecular flexibility index (Phi) is 15.4. The highest BCUT2D eigenvalue weighted by Gasteiger charge is 2.52. The number of carbonyl (C=O) groups is 4. The maximum Gasteiger partial charge on any atom is 0.324 e. The van der Waals surface area contributed by atoms with E-state index >= 15 is 0 Å². The van der Waals surface area contributed by atoms with Crippen LogP contribution in [0.25, 0.3) is 33.4 Å². The summed E-state index contributed by atoms with van der Waals surface area (Å²) in [5, 5.41) is 8.08. The minimum atomic E-state index is -3.46. The number of aromatic nitrogens is 3. The molecule has 4 aliphatic heterocycles. The second-order valence-corrected chi connectivity index (χ2v) is 23.1. The second kappa shape index (κ2) is 20.4. The van der Waals surface area contributed by atoms with Crippen LogP contribution in [-0.4, -0.2) is 143 Å². The van der Waals surface area contributed by atoms with Crippen molar-refractivity contribution in [3.63, 3.8) is 0 Å². The molecule has 5 atom stereocenters. The van der Waals surface area contributed by atoms with Crippen LogP contribution in [0.3, 0.4) is 0 Å². The smallest absolute Gasteiger partial charge is 0.324 e. The number of pyridine rings is 1. The van der Waals surface area contributed by atoms with Crippen molar-refractivity contribution in [1.82, 2.24) is 44.4 Å². The molecule has 4 aromatic rings. The highest BCUT2D eigenvalue weighted by atomic mass is 32.2. The Morgan fingerprint density at radius 2 is 1.88 bits per heavy atom. The summed E-state index contributed by atoms with van der Waals surface area (Å²) < 4.78 is 40.8. The number of hydrogen-bond donors (Lipinski definition) is 2. The molecule has 1 aromatic carbocycles. The summed E-state index contributed by atoms with van der Waals surface area (Å²) in [5.74, 6) is -1.77. The number of esters is 1. The first-order valence-electron chi connectivity index (χ1n) is 23.9. The van der Waals surface area contributed by atoms with E-state index in [9.17, 15) is 27.6 Å². The lowest BCUT2D eigenvalue weighted by molar-refractivity contribution is -0.155. The van der Waals surface area contributed by atoms with Crippen LogP contribution in [0.4, 0.5) is 4.79 Å². The Hall–Kier alpha value is -4.95. The lowest BCUT2D eigenvalue weighted by Gasteiger charge is -2.57. The zero-order valence-electron chi connectivity index (χ0n) is 40.8. The number of amides is 4. The molecule has 1 spiro atoms. The molecule has 2 unspecified atom stereocenters. The van der Waals surface area contributed by atoms with E-state index in [0.29, 0.717) is 69.7 Å². The lowest BCUT2D eigenvalue weighted by atomic mass is 9.78. The van der Waals surface area contributed by atoms with Gasteiger partial charge in [-0.1, -0.05) is 41.2 Å². The fourth-order valence-electron chi connectivity index (χ4n) is 10.7. The standard InChI is InChI=1S/C49H67N9O8S2.CH4.2H2/c1-10-56-39-17-16-32-24-34(39)35(43(56)33-14-11-20-50-41(33)31(4)65-8)26-48(5,6)29-66-46(61)36-15-12-22-58(53-36)45(60)37(25-40-51-38(32)27-67-40)52-44(59)42(30(2)3)54(7)47(62)57-23-19-49(57)18-13-21-55(28-49)68(9,63)64;;;/h11,14,16-17,20,24,27,30-31,36-37,42,53H,10,12-13,15,18-19,21-23,25-26,28-29H2,1-9H3,(H,52,59);1H4;2*1H/t31-,36?,37-,42-,49?;;;/m0.../s1. The normalized spacial score (nSPS) is 23.2. The van der Waals surface area contributed by atoms with Gasteiger partial charge in [0.15, 0.2) is 0 Å². The number of nitrogens with one attached hydrogen (secondary N) is 2.